The van der Waals surface area contributed by atoms with Crippen molar-refractivity contribution in [2.24, 2.45) is 0 Å². The summed E-state index contributed by atoms with van der Waals surface area (Å²) >= 11 is 0. The molecule has 3 aromatic rings. The van der Waals surface area contributed by atoms with Gasteiger partial charge in [0.05, 0.1) is 23.2 Å². The van der Waals surface area contributed by atoms with Crippen LogP contribution in [0.5, 0.6) is 0 Å². The van der Waals surface area contributed by atoms with Crippen molar-refractivity contribution in [3.63, 3.8) is 0 Å². The van der Waals surface area contributed by atoms with Gasteiger partial charge in [0.1, 0.15) is 11.4 Å². The van der Waals surface area contributed by atoms with E-state index < -0.39 is 29.2 Å². The molecular formula is C32H37F2N3O4. The molecule has 1 saturated heterocycles. The van der Waals surface area contributed by atoms with Crippen LogP contribution >= 0.6 is 0 Å². The number of amides is 1. The van der Waals surface area contributed by atoms with Crippen LogP contribution in [0.25, 0.3) is 17.1 Å². The van der Waals surface area contributed by atoms with Crippen molar-refractivity contribution in [1.82, 2.24) is 9.55 Å². The molecule has 1 aliphatic heterocycles. The average molecular weight is 566 g/mol. The Balaban J connectivity index is 1.57. The third-order valence-electron chi connectivity index (χ3n) is 7.83. The predicted octanol–water partition coefficient (Wildman–Crippen LogP) is 7.06. The SMILES string of the molecule is COC1CCC(n2c([C@@H]3CCCC(=O)N3c3ccc(F)c(F)c3)nc3cc(/C=C/C(=O)OC(C)(C)C)ccc32)CC1. The smallest absolute Gasteiger partial charge is 0.331 e. The second-order valence-corrected chi connectivity index (χ2v) is 11.9. The molecule has 2 aromatic carbocycles. The first-order chi connectivity index (χ1) is 19.5. The molecule has 0 unspecified atom stereocenters. The summed E-state index contributed by atoms with van der Waals surface area (Å²) in [5, 5.41) is 0. The fraction of sp³-hybridized carbons (Fsp3) is 0.469. The van der Waals surface area contributed by atoms with Gasteiger partial charge in [-0.15, -0.1) is 0 Å². The molecular weight excluding hydrogens is 528 g/mol. The van der Waals surface area contributed by atoms with Gasteiger partial charge in [0.2, 0.25) is 5.91 Å². The number of halogens is 2. The van der Waals surface area contributed by atoms with Gasteiger partial charge in [-0.3, -0.25) is 4.79 Å². The number of anilines is 1. The van der Waals surface area contributed by atoms with Crippen molar-refractivity contribution in [2.75, 3.05) is 12.0 Å². The molecule has 9 heteroatoms. The first-order valence-corrected chi connectivity index (χ1v) is 14.3. The Hall–Kier alpha value is -3.59. The van der Waals surface area contributed by atoms with Crippen molar-refractivity contribution < 1.29 is 27.8 Å². The fourth-order valence-corrected chi connectivity index (χ4v) is 5.97. The molecule has 0 spiro atoms. The lowest BCUT2D eigenvalue weighted by Gasteiger charge is -2.37. The Bertz CT molecular complexity index is 1470. The van der Waals surface area contributed by atoms with E-state index in [4.69, 9.17) is 14.5 Å². The number of piperidine rings is 1. The number of ether oxygens (including phenoxy) is 2. The number of nitrogens with zero attached hydrogens (tertiary/aromatic N) is 3. The Morgan fingerprint density at radius 2 is 1.78 bits per heavy atom. The lowest BCUT2D eigenvalue weighted by Crippen LogP contribution is -2.40. The summed E-state index contributed by atoms with van der Waals surface area (Å²) in [6, 6.07) is 9.15. The van der Waals surface area contributed by atoms with E-state index >= 15 is 0 Å². The molecule has 0 bridgehead atoms. The van der Waals surface area contributed by atoms with Gasteiger partial charge in [0.15, 0.2) is 11.6 Å². The van der Waals surface area contributed by atoms with Crippen LogP contribution < -0.4 is 4.90 Å². The van der Waals surface area contributed by atoms with E-state index in [1.54, 1.807) is 18.1 Å². The number of methoxy groups -OCH3 is 1. The summed E-state index contributed by atoms with van der Waals surface area (Å²) in [5.74, 6) is -1.79. The van der Waals surface area contributed by atoms with Crippen LogP contribution in [0.1, 0.15) is 89.2 Å². The van der Waals surface area contributed by atoms with E-state index in [0.717, 1.165) is 60.2 Å². The molecule has 7 nitrogen and oxygen atoms in total. The number of hydrogen-bond donors (Lipinski definition) is 0. The summed E-state index contributed by atoms with van der Waals surface area (Å²) in [7, 11) is 1.74. The zero-order valence-corrected chi connectivity index (χ0v) is 24.0. The van der Waals surface area contributed by atoms with Crippen molar-refractivity contribution in [2.45, 2.75) is 89.5 Å². The van der Waals surface area contributed by atoms with Gasteiger partial charge < -0.3 is 18.9 Å². The molecule has 1 atom stereocenters. The summed E-state index contributed by atoms with van der Waals surface area (Å²) in [4.78, 5) is 32.1. The minimum absolute atomic E-state index is 0.144. The van der Waals surface area contributed by atoms with Crippen LogP contribution in [-0.2, 0) is 19.1 Å². The van der Waals surface area contributed by atoms with E-state index in [0.29, 0.717) is 24.9 Å². The van der Waals surface area contributed by atoms with E-state index in [1.807, 2.05) is 39.0 Å². The van der Waals surface area contributed by atoms with Gasteiger partial charge >= 0.3 is 5.97 Å². The summed E-state index contributed by atoms with van der Waals surface area (Å²) in [6.07, 6.45) is 8.57. The summed E-state index contributed by atoms with van der Waals surface area (Å²) in [6.45, 7) is 5.45. The zero-order chi connectivity index (χ0) is 29.3. The van der Waals surface area contributed by atoms with Crippen LogP contribution in [0.4, 0.5) is 14.5 Å². The van der Waals surface area contributed by atoms with Crippen molar-refractivity contribution in [3.05, 3.63) is 65.5 Å². The number of aromatic nitrogens is 2. The first kappa shape index (κ1) is 28.9. The van der Waals surface area contributed by atoms with E-state index in [1.165, 1.54) is 12.1 Å². The molecule has 0 radical (unpaired) electrons. The molecule has 0 N–H and O–H groups in total. The Morgan fingerprint density at radius 1 is 1.02 bits per heavy atom. The van der Waals surface area contributed by atoms with Crippen molar-refractivity contribution in [1.29, 1.82) is 0 Å². The largest absolute Gasteiger partial charge is 0.457 e. The highest BCUT2D eigenvalue weighted by molar-refractivity contribution is 5.95. The molecule has 1 aromatic heterocycles. The minimum atomic E-state index is -0.993. The number of carbonyl (C=O) groups is 2. The first-order valence-electron chi connectivity index (χ1n) is 14.3. The Kier molecular flexibility index (Phi) is 8.27. The molecule has 1 saturated carbocycles. The highest BCUT2D eigenvalue weighted by atomic mass is 19.2. The highest BCUT2D eigenvalue weighted by Gasteiger charge is 2.36. The summed E-state index contributed by atoms with van der Waals surface area (Å²) in [5.41, 5.74) is 2.19. The van der Waals surface area contributed by atoms with Gasteiger partial charge in [-0.2, -0.15) is 0 Å². The third-order valence-corrected chi connectivity index (χ3v) is 7.83. The number of benzene rings is 2. The van der Waals surface area contributed by atoms with Gasteiger partial charge in [-0.1, -0.05) is 6.07 Å². The number of esters is 1. The van der Waals surface area contributed by atoms with Crippen LogP contribution in [0.2, 0.25) is 0 Å². The standard InChI is InChI=1S/C32H37F2N3O4/c1-32(2,3)41-30(39)17-9-20-8-16-27-26(18-20)35-31(37(27)21-10-13-23(40-4)14-11-21)28-6-5-7-29(38)36(28)22-12-15-24(33)25(34)19-22/h8-9,12,15-19,21,23,28H,5-7,10-11,13-14H2,1-4H3/b17-9+/t21?,23?,28-/m0/s1. The Labute approximate surface area is 239 Å². The van der Waals surface area contributed by atoms with Gasteiger partial charge in [-0.25, -0.2) is 18.6 Å². The minimum Gasteiger partial charge on any atom is -0.457 e. The number of fused-ring (bicyclic) bond motifs is 1. The van der Waals surface area contributed by atoms with Gasteiger partial charge in [-0.05, 0) is 95.2 Å². The molecule has 2 aliphatic rings. The molecule has 41 heavy (non-hydrogen) atoms. The summed E-state index contributed by atoms with van der Waals surface area (Å²) < 4.78 is 41.3. The predicted molar refractivity (Wildman–Crippen MR) is 153 cm³/mol. The fourth-order valence-electron chi connectivity index (χ4n) is 5.97. The van der Waals surface area contributed by atoms with E-state index in [2.05, 4.69) is 4.57 Å². The zero-order valence-electron chi connectivity index (χ0n) is 24.0. The maximum atomic E-state index is 14.3. The van der Waals surface area contributed by atoms with E-state index in [9.17, 15) is 18.4 Å². The quantitative estimate of drug-likeness (QED) is 0.236. The second kappa shape index (κ2) is 11.7. The molecule has 1 aliphatic carbocycles. The second-order valence-electron chi connectivity index (χ2n) is 11.9. The monoisotopic (exact) mass is 565 g/mol. The van der Waals surface area contributed by atoms with Crippen molar-refractivity contribution >= 4 is 34.7 Å². The average Bonchev–Trinajstić information content (AvgIpc) is 3.31. The molecule has 2 heterocycles. The molecule has 1 amide bonds. The van der Waals surface area contributed by atoms with Crippen LogP contribution in [0, 0.1) is 11.6 Å². The normalized spacial score (nSPS) is 22.0. The number of imidazole rings is 1. The highest BCUT2D eigenvalue weighted by Crippen LogP contribution is 2.41. The van der Waals surface area contributed by atoms with Crippen LogP contribution in [0.15, 0.2) is 42.5 Å². The maximum Gasteiger partial charge on any atom is 0.331 e. The number of hydrogen-bond acceptors (Lipinski definition) is 5. The number of rotatable bonds is 6. The van der Waals surface area contributed by atoms with Crippen LogP contribution in [0.3, 0.4) is 0 Å². The number of carbonyl (C=O) groups excluding carboxylic acids is 2. The lowest BCUT2D eigenvalue weighted by atomic mass is 9.91. The van der Waals surface area contributed by atoms with Crippen molar-refractivity contribution in [3.8, 4) is 0 Å². The Morgan fingerprint density at radius 3 is 2.46 bits per heavy atom. The third kappa shape index (κ3) is 6.35. The topological polar surface area (TPSA) is 73.7 Å². The van der Waals surface area contributed by atoms with Gasteiger partial charge in [0, 0.05) is 37.4 Å². The molecule has 2 fully saturated rings. The lowest BCUT2D eigenvalue weighted by molar-refractivity contribution is -0.148. The van der Waals surface area contributed by atoms with Crippen LogP contribution in [-0.4, -0.2) is 40.2 Å². The molecule has 5 rings (SSSR count). The maximum absolute atomic E-state index is 14.3. The molecule has 218 valence electrons. The van der Waals surface area contributed by atoms with E-state index in [-0.39, 0.29) is 18.1 Å². The van der Waals surface area contributed by atoms with Gasteiger partial charge in [0.25, 0.3) is 0 Å².